The molecule has 0 rings (SSSR count). The van der Waals surface area contributed by atoms with Gasteiger partial charge in [-0.05, 0) is 20.8 Å². The lowest BCUT2D eigenvalue weighted by Crippen LogP contribution is -2.43. The maximum Gasteiger partial charge on any atom is 0.321 e. The third-order valence-electron chi connectivity index (χ3n) is 1.62. The first-order chi connectivity index (χ1) is 7.61. The molecule has 0 aromatic heterocycles. The Kier molecular flexibility index (Phi) is 5.60. The summed E-state index contributed by atoms with van der Waals surface area (Å²) in [5.41, 5.74) is 4.24. The average Bonchev–Trinajstić information content (AvgIpc) is 2.08. The molecule has 1 unspecified atom stereocenters. The number of rotatable bonds is 6. The van der Waals surface area contributed by atoms with E-state index in [-0.39, 0.29) is 13.0 Å². The molecule has 0 aliphatic heterocycles. The summed E-state index contributed by atoms with van der Waals surface area (Å²) in [4.78, 5) is 32.6. The van der Waals surface area contributed by atoms with E-state index in [2.05, 4.69) is 5.32 Å². The van der Waals surface area contributed by atoms with Gasteiger partial charge in [0, 0.05) is 0 Å². The predicted octanol–water partition coefficient (Wildman–Crippen LogP) is -0.754. The number of carbonyl (C=O) groups is 3. The maximum absolute atomic E-state index is 11.3. The fourth-order valence-electron chi connectivity index (χ4n) is 1.03. The Bertz CT molecular complexity index is 308. The van der Waals surface area contributed by atoms with E-state index in [0.29, 0.717) is 0 Å². The molecule has 0 aliphatic carbocycles. The van der Waals surface area contributed by atoms with Gasteiger partial charge in [0.15, 0.2) is 0 Å². The number of carboxylic acids is 1. The third-order valence-corrected chi connectivity index (χ3v) is 1.62. The van der Waals surface area contributed by atoms with Crippen LogP contribution in [0.1, 0.15) is 27.2 Å². The fourth-order valence-corrected chi connectivity index (χ4v) is 1.03. The largest absolute Gasteiger partial charge is 0.480 e. The zero-order valence-corrected chi connectivity index (χ0v) is 10.1. The van der Waals surface area contributed by atoms with E-state index in [0.717, 1.165) is 0 Å². The molecule has 1 atom stereocenters. The molecule has 0 aromatic carbocycles. The number of esters is 1. The molecular formula is C10H18N2O5. The predicted molar refractivity (Wildman–Crippen MR) is 59.1 cm³/mol. The van der Waals surface area contributed by atoms with Crippen molar-refractivity contribution in [2.24, 2.45) is 5.73 Å². The molecule has 0 fully saturated rings. The smallest absolute Gasteiger partial charge is 0.321 e. The summed E-state index contributed by atoms with van der Waals surface area (Å²) >= 11 is 0. The molecule has 0 heterocycles. The van der Waals surface area contributed by atoms with E-state index in [4.69, 9.17) is 15.6 Å². The van der Waals surface area contributed by atoms with Crippen LogP contribution in [0.15, 0.2) is 0 Å². The molecule has 4 N–H and O–H groups in total. The van der Waals surface area contributed by atoms with Crippen molar-refractivity contribution in [1.82, 2.24) is 5.32 Å². The van der Waals surface area contributed by atoms with E-state index in [1.807, 2.05) is 0 Å². The lowest BCUT2D eigenvalue weighted by atomic mass is 10.2. The van der Waals surface area contributed by atoms with Crippen molar-refractivity contribution in [2.45, 2.75) is 38.8 Å². The standard InChI is InChI=1S/C10H18N2O5/c1-10(2,3)17-8(14)5-12-6(9(15)16)4-7(11)13/h6,12H,4-5H2,1-3H3,(H2,11,13)(H,15,16). The second-order valence-electron chi connectivity index (χ2n) is 4.53. The van der Waals surface area contributed by atoms with Crippen LogP contribution in [0.2, 0.25) is 0 Å². The molecule has 0 spiro atoms. The van der Waals surface area contributed by atoms with Gasteiger partial charge in [-0.2, -0.15) is 0 Å². The molecule has 7 nitrogen and oxygen atoms in total. The summed E-state index contributed by atoms with van der Waals surface area (Å²) in [5.74, 6) is -2.59. The van der Waals surface area contributed by atoms with Gasteiger partial charge in [-0.25, -0.2) is 0 Å². The molecule has 7 heteroatoms. The van der Waals surface area contributed by atoms with Gasteiger partial charge in [0.05, 0.1) is 13.0 Å². The number of hydrogen-bond donors (Lipinski definition) is 3. The zero-order valence-electron chi connectivity index (χ0n) is 10.1. The van der Waals surface area contributed by atoms with Crippen LogP contribution in [0.4, 0.5) is 0 Å². The minimum atomic E-state index is -1.24. The first kappa shape index (κ1) is 15.4. The van der Waals surface area contributed by atoms with Crippen LogP contribution in [-0.2, 0) is 19.1 Å². The van der Waals surface area contributed by atoms with Crippen molar-refractivity contribution in [3.05, 3.63) is 0 Å². The minimum Gasteiger partial charge on any atom is -0.480 e. The van der Waals surface area contributed by atoms with Crippen molar-refractivity contribution < 1.29 is 24.2 Å². The molecule has 0 saturated heterocycles. The summed E-state index contributed by atoms with van der Waals surface area (Å²) in [5, 5.41) is 11.1. The Morgan fingerprint density at radius 3 is 2.24 bits per heavy atom. The number of carboxylic acid groups (broad SMARTS) is 1. The summed E-state index contributed by atoms with van der Waals surface area (Å²) in [6, 6.07) is -1.18. The monoisotopic (exact) mass is 246 g/mol. The van der Waals surface area contributed by atoms with E-state index in [1.165, 1.54) is 0 Å². The van der Waals surface area contributed by atoms with Gasteiger partial charge in [0.1, 0.15) is 11.6 Å². The highest BCUT2D eigenvalue weighted by atomic mass is 16.6. The first-order valence-electron chi connectivity index (χ1n) is 5.08. The Balaban J connectivity index is 4.18. The second kappa shape index (κ2) is 6.19. The Morgan fingerprint density at radius 1 is 1.35 bits per heavy atom. The maximum atomic E-state index is 11.3. The zero-order chi connectivity index (χ0) is 13.6. The minimum absolute atomic E-state index is 0.290. The van der Waals surface area contributed by atoms with Gasteiger partial charge in [-0.15, -0.1) is 0 Å². The van der Waals surface area contributed by atoms with Crippen LogP contribution in [-0.4, -0.2) is 41.1 Å². The van der Waals surface area contributed by atoms with Crippen LogP contribution in [0, 0.1) is 0 Å². The SMILES string of the molecule is CC(C)(C)OC(=O)CNC(CC(N)=O)C(=O)O. The van der Waals surface area contributed by atoms with Crippen LogP contribution in [0.25, 0.3) is 0 Å². The molecular weight excluding hydrogens is 228 g/mol. The highest BCUT2D eigenvalue weighted by molar-refractivity contribution is 5.84. The van der Waals surface area contributed by atoms with E-state index in [9.17, 15) is 14.4 Å². The number of amides is 1. The van der Waals surface area contributed by atoms with Crippen molar-refractivity contribution >= 4 is 17.8 Å². The Hall–Kier alpha value is -1.63. The van der Waals surface area contributed by atoms with Gasteiger partial charge in [0.25, 0.3) is 0 Å². The van der Waals surface area contributed by atoms with Crippen LogP contribution < -0.4 is 11.1 Å². The lowest BCUT2D eigenvalue weighted by molar-refractivity contribution is -0.154. The topological polar surface area (TPSA) is 119 Å². The van der Waals surface area contributed by atoms with Gasteiger partial charge < -0.3 is 15.6 Å². The number of ether oxygens (including phenoxy) is 1. The second-order valence-corrected chi connectivity index (χ2v) is 4.53. The number of aliphatic carboxylic acids is 1. The Labute approximate surface area is 99.3 Å². The summed E-state index contributed by atoms with van der Waals surface area (Å²) in [7, 11) is 0. The van der Waals surface area contributed by atoms with Crippen LogP contribution >= 0.6 is 0 Å². The van der Waals surface area contributed by atoms with Crippen molar-refractivity contribution in [2.75, 3.05) is 6.54 Å². The summed E-state index contributed by atoms with van der Waals surface area (Å²) in [6.07, 6.45) is -0.377. The number of hydrogen-bond acceptors (Lipinski definition) is 5. The first-order valence-corrected chi connectivity index (χ1v) is 5.08. The van der Waals surface area contributed by atoms with Gasteiger partial charge in [-0.3, -0.25) is 19.7 Å². The summed E-state index contributed by atoms with van der Waals surface area (Å²) in [6.45, 7) is 4.80. The van der Waals surface area contributed by atoms with Crippen molar-refractivity contribution in [3.63, 3.8) is 0 Å². The molecule has 17 heavy (non-hydrogen) atoms. The van der Waals surface area contributed by atoms with Crippen LogP contribution in [0.5, 0.6) is 0 Å². The Morgan fingerprint density at radius 2 is 1.88 bits per heavy atom. The van der Waals surface area contributed by atoms with E-state index >= 15 is 0 Å². The number of carbonyl (C=O) groups excluding carboxylic acids is 2. The average molecular weight is 246 g/mol. The number of nitrogens with two attached hydrogens (primary N) is 1. The quantitative estimate of drug-likeness (QED) is 0.530. The number of nitrogens with one attached hydrogen (secondary N) is 1. The van der Waals surface area contributed by atoms with E-state index < -0.39 is 29.5 Å². The molecule has 98 valence electrons. The lowest BCUT2D eigenvalue weighted by Gasteiger charge is -2.20. The van der Waals surface area contributed by atoms with Crippen molar-refractivity contribution in [1.29, 1.82) is 0 Å². The van der Waals surface area contributed by atoms with E-state index in [1.54, 1.807) is 20.8 Å². The highest BCUT2D eigenvalue weighted by Crippen LogP contribution is 2.06. The third kappa shape index (κ3) is 8.21. The van der Waals surface area contributed by atoms with Gasteiger partial charge in [0.2, 0.25) is 5.91 Å². The molecule has 0 aromatic rings. The molecule has 0 radical (unpaired) electrons. The fraction of sp³-hybridized carbons (Fsp3) is 0.700. The molecule has 0 saturated carbocycles. The van der Waals surface area contributed by atoms with Crippen LogP contribution in [0.3, 0.4) is 0 Å². The normalized spacial score (nSPS) is 12.9. The summed E-state index contributed by atoms with van der Waals surface area (Å²) < 4.78 is 4.96. The highest BCUT2D eigenvalue weighted by Gasteiger charge is 2.22. The van der Waals surface area contributed by atoms with Gasteiger partial charge in [-0.1, -0.05) is 0 Å². The molecule has 1 amide bonds. The molecule has 0 bridgehead atoms. The van der Waals surface area contributed by atoms with Crippen molar-refractivity contribution in [3.8, 4) is 0 Å². The molecule has 0 aliphatic rings. The number of primary amides is 1. The van der Waals surface area contributed by atoms with Gasteiger partial charge >= 0.3 is 11.9 Å².